The number of hydrogen-bond donors (Lipinski definition) is 2. The van der Waals surface area contributed by atoms with E-state index in [4.69, 9.17) is 5.73 Å². The second-order valence-electron chi connectivity index (χ2n) is 5.85. The Morgan fingerprint density at radius 1 is 1.12 bits per heavy atom. The number of piperazine rings is 1. The summed E-state index contributed by atoms with van der Waals surface area (Å²) >= 11 is 0. The van der Waals surface area contributed by atoms with Gasteiger partial charge in [0.15, 0.2) is 0 Å². The number of amides is 2. The largest absolute Gasteiger partial charge is 0.355 e. The molecule has 1 aliphatic rings. The van der Waals surface area contributed by atoms with Crippen LogP contribution in [0.4, 0.5) is 0 Å². The van der Waals surface area contributed by atoms with Crippen LogP contribution < -0.4 is 11.1 Å². The van der Waals surface area contributed by atoms with Gasteiger partial charge in [-0.2, -0.15) is 0 Å². The molecule has 1 atom stereocenters. The van der Waals surface area contributed by atoms with E-state index >= 15 is 0 Å². The predicted molar refractivity (Wildman–Crippen MR) is 104 cm³/mol. The third-order valence-electron chi connectivity index (χ3n) is 4.04. The van der Waals surface area contributed by atoms with Crippen LogP contribution in [0, 0.1) is 0 Å². The number of carbonyl (C=O) groups is 2. The van der Waals surface area contributed by atoms with E-state index in [0.717, 1.165) is 5.56 Å². The van der Waals surface area contributed by atoms with Gasteiger partial charge < -0.3 is 16.0 Å². The lowest BCUT2D eigenvalue weighted by atomic mass is 10.1. The van der Waals surface area contributed by atoms with Crippen molar-refractivity contribution >= 4 is 36.6 Å². The molecule has 0 bridgehead atoms. The van der Waals surface area contributed by atoms with E-state index in [1.165, 1.54) is 0 Å². The summed E-state index contributed by atoms with van der Waals surface area (Å²) in [4.78, 5) is 27.9. The average molecular weight is 391 g/mol. The lowest BCUT2D eigenvalue weighted by molar-refractivity contribution is -0.134. The van der Waals surface area contributed by atoms with Gasteiger partial charge in [-0.15, -0.1) is 24.8 Å². The summed E-state index contributed by atoms with van der Waals surface area (Å²) in [5.41, 5.74) is 7.14. The summed E-state index contributed by atoms with van der Waals surface area (Å²) in [7, 11) is 0. The second-order valence-corrected chi connectivity index (χ2v) is 5.85. The zero-order chi connectivity index (χ0) is 16.7. The summed E-state index contributed by atoms with van der Waals surface area (Å²) in [5, 5.41) is 2.79. The van der Waals surface area contributed by atoms with Gasteiger partial charge in [-0.1, -0.05) is 30.3 Å². The maximum Gasteiger partial charge on any atom is 0.239 e. The molecule has 6 nitrogen and oxygen atoms in total. The summed E-state index contributed by atoms with van der Waals surface area (Å²) in [5.74, 6) is 0.0274. The molecule has 142 valence electrons. The van der Waals surface area contributed by atoms with E-state index in [9.17, 15) is 9.59 Å². The molecule has 2 rings (SSSR count). The van der Waals surface area contributed by atoms with Crippen LogP contribution in [0.5, 0.6) is 0 Å². The molecule has 2 amide bonds. The Labute approximate surface area is 161 Å². The molecule has 8 heteroatoms. The molecule has 1 heterocycles. The van der Waals surface area contributed by atoms with Gasteiger partial charge in [0.25, 0.3) is 0 Å². The minimum Gasteiger partial charge on any atom is -0.355 e. The quantitative estimate of drug-likeness (QED) is 0.748. The number of hydrogen-bond acceptors (Lipinski definition) is 4. The summed E-state index contributed by atoms with van der Waals surface area (Å²) in [6, 6.07) is 9.31. The molecular weight excluding hydrogens is 363 g/mol. The highest BCUT2D eigenvalue weighted by molar-refractivity contribution is 5.85. The number of rotatable bonds is 6. The van der Waals surface area contributed by atoms with Crippen molar-refractivity contribution < 1.29 is 9.59 Å². The van der Waals surface area contributed by atoms with Gasteiger partial charge in [0.1, 0.15) is 0 Å². The molecule has 3 N–H and O–H groups in total. The van der Waals surface area contributed by atoms with Crippen LogP contribution >= 0.6 is 24.8 Å². The van der Waals surface area contributed by atoms with Gasteiger partial charge in [-0.25, -0.2) is 0 Å². The molecule has 0 aromatic heterocycles. The fraction of sp³-hybridized carbons (Fsp3) is 0.529. The van der Waals surface area contributed by atoms with Crippen molar-refractivity contribution in [2.75, 3.05) is 39.3 Å². The molecule has 1 saturated heterocycles. The van der Waals surface area contributed by atoms with Crippen LogP contribution in [-0.2, 0) is 16.0 Å². The van der Waals surface area contributed by atoms with E-state index in [1.54, 1.807) is 0 Å². The number of benzene rings is 1. The van der Waals surface area contributed by atoms with Crippen LogP contribution in [0.2, 0.25) is 0 Å². The zero-order valence-corrected chi connectivity index (χ0v) is 16.2. The van der Waals surface area contributed by atoms with Crippen molar-refractivity contribution in [3.63, 3.8) is 0 Å². The van der Waals surface area contributed by atoms with Gasteiger partial charge >= 0.3 is 0 Å². The SMILES string of the molecule is CCNC(=O)CN1CCN(C(=O)[C@@H](N)Cc2ccccc2)CC1.Cl.Cl. The zero-order valence-electron chi connectivity index (χ0n) is 14.5. The fourth-order valence-electron chi connectivity index (χ4n) is 2.77. The van der Waals surface area contributed by atoms with Gasteiger partial charge in [-0.05, 0) is 18.9 Å². The molecule has 1 aliphatic heterocycles. The van der Waals surface area contributed by atoms with Gasteiger partial charge in [0, 0.05) is 32.7 Å². The first-order valence-electron chi connectivity index (χ1n) is 8.17. The number of likely N-dealkylation sites (N-methyl/N-ethyl adjacent to an activating group) is 1. The van der Waals surface area contributed by atoms with Gasteiger partial charge in [0.05, 0.1) is 12.6 Å². The Morgan fingerprint density at radius 2 is 1.72 bits per heavy atom. The molecule has 1 aromatic carbocycles. The molecule has 1 fully saturated rings. The number of nitrogens with zero attached hydrogens (tertiary/aromatic N) is 2. The van der Waals surface area contributed by atoms with Gasteiger partial charge in [-0.3, -0.25) is 14.5 Å². The Balaban J connectivity index is 0.00000288. The first-order valence-corrected chi connectivity index (χ1v) is 8.17. The monoisotopic (exact) mass is 390 g/mol. The Kier molecular flexibility index (Phi) is 11.4. The number of nitrogens with two attached hydrogens (primary N) is 1. The molecule has 0 unspecified atom stereocenters. The highest BCUT2D eigenvalue weighted by Gasteiger charge is 2.25. The lowest BCUT2D eigenvalue weighted by Gasteiger charge is -2.35. The summed E-state index contributed by atoms with van der Waals surface area (Å²) < 4.78 is 0. The number of nitrogens with one attached hydrogen (secondary N) is 1. The van der Waals surface area contributed by atoms with Crippen molar-refractivity contribution in [2.24, 2.45) is 5.73 Å². The van der Waals surface area contributed by atoms with Crippen molar-refractivity contribution in [2.45, 2.75) is 19.4 Å². The number of halogens is 2. The van der Waals surface area contributed by atoms with Crippen LogP contribution in [0.1, 0.15) is 12.5 Å². The van der Waals surface area contributed by atoms with Crippen molar-refractivity contribution in [1.29, 1.82) is 0 Å². The standard InChI is InChI=1S/C17H26N4O2.2ClH/c1-2-19-16(22)13-20-8-10-21(11-9-20)17(23)15(18)12-14-6-4-3-5-7-14;;/h3-7,15H,2,8-13,18H2,1H3,(H,19,22);2*1H/t15-;;/m0../s1. The third kappa shape index (κ3) is 7.61. The molecular formula is C17H28Cl2N4O2. The van der Waals surface area contributed by atoms with Crippen LogP contribution in [0.3, 0.4) is 0 Å². The minimum absolute atomic E-state index is 0. The van der Waals surface area contributed by atoms with Crippen LogP contribution in [0.15, 0.2) is 30.3 Å². The van der Waals surface area contributed by atoms with E-state index in [1.807, 2.05) is 42.2 Å². The van der Waals surface area contributed by atoms with E-state index in [0.29, 0.717) is 45.7 Å². The molecule has 0 saturated carbocycles. The third-order valence-corrected chi connectivity index (χ3v) is 4.04. The summed E-state index contributed by atoms with van der Waals surface area (Å²) in [6.07, 6.45) is 0.554. The average Bonchev–Trinajstić information content (AvgIpc) is 2.56. The highest BCUT2D eigenvalue weighted by Crippen LogP contribution is 2.07. The Hall–Kier alpha value is -1.34. The van der Waals surface area contributed by atoms with Crippen molar-refractivity contribution in [3.05, 3.63) is 35.9 Å². The predicted octanol–water partition coefficient (Wildman–Crippen LogP) is 0.680. The molecule has 25 heavy (non-hydrogen) atoms. The van der Waals surface area contributed by atoms with E-state index in [2.05, 4.69) is 10.2 Å². The van der Waals surface area contributed by atoms with E-state index in [-0.39, 0.29) is 36.6 Å². The molecule has 1 aromatic rings. The fourth-order valence-corrected chi connectivity index (χ4v) is 2.77. The second kappa shape index (κ2) is 12.1. The molecule has 0 spiro atoms. The van der Waals surface area contributed by atoms with E-state index < -0.39 is 6.04 Å². The smallest absolute Gasteiger partial charge is 0.239 e. The topological polar surface area (TPSA) is 78.7 Å². The highest BCUT2D eigenvalue weighted by atomic mass is 35.5. The Morgan fingerprint density at radius 3 is 2.28 bits per heavy atom. The summed E-state index contributed by atoms with van der Waals surface area (Å²) in [6.45, 7) is 5.61. The first-order chi connectivity index (χ1) is 11.1. The van der Waals surface area contributed by atoms with Crippen molar-refractivity contribution in [1.82, 2.24) is 15.1 Å². The Bertz CT molecular complexity index is 523. The first kappa shape index (κ1) is 23.7. The normalized spacial score (nSPS) is 15.5. The molecule has 0 aliphatic carbocycles. The van der Waals surface area contributed by atoms with Crippen LogP contribution in [0.25, 0.3) is 0 Å². The number of carbonyl (C=O) groups excluding carboxylic acids is 2. The van der Waals surface area contributed by atoms with Gasteiger partial charge in [0.2, 0.25) is 11.8 Å². The minimum atomic E-state index is -0.507. The lowest BCUT2D eigenvalue weighted by Crippen LogP contribution is -2.54. The maximum atomic E-state index is 12.4. The van der Waals surface area contributed by atoms with Crippen molar-refractivity contribution in [3.8, 4) is 0 Å². The van der Waals surface area contributed by atoms with Crippen LogP contribution in [-0.4, -0.2) is 66.9 Å². The molecule has 0 radical (unpaired) electrons. The maximum absolute atomic E-state index is 12.4.